The maximum atomic E-state index is 11.2. The second kappa shape index (κ2) is 5.97. The van der Waals surface area contributed by atoms with Gasteiger partial charge >= 0.3 is 6.03 Å². The first-order valence-electron chi connectivity index (χ1n) is 4.18. The van der Waals surface area contributed by atoms with Crippen molar-refractivity contribution < 1.29 is 14.4 Å². The number of thiazole rings is 1. The second-order valence-corrected chi connectivity index (χ2v) is 4.31. The van der Waals surface area contributed by atoms with E-state index in [0.29, 0.717) is 9.47 Å². The Morgan fingerprint density at radius 1 is 1.35 bits per heavy atom. The number of carbonyl (C=O) groups excluding carboxylic acids is 3. The average Bonchev–Trinajstić information content (AvgIpc) is 2.60. The third kappa shape index (κ3) is 5.09. The Labute approximate surface area is 105 Å². The van der Waals surface area contributed by atoms with Gasteiger partial charge in [-0.25, -0.2) is 9.78 Å². The summed E-state index contributed by atoms with van der Waals surface area (Å²) in [5, 5.41) is 4.44. The van der Waals surface area contributed by atoms with Crippen LogP contribution in [0.5, 0.6) is 0 Å². The molecule has 0 unspecified atom stereocenters. The first kappa shape index (κ1) is 13.1. The number of rotatable bonds is 3. The predicted molar refractivity (Wildman–Crippen MR) is 62.6 cm³/mol. The van der Waals surface area contributed by atoms with E-state index in [0.717, 1.165) is 23.5 Å². The van der Waals surface area contributed by atoms with Crippen molar-refractivity contribution >= 4 is 45.9 Å². The van der Waals surface area contributed by atoms with Crippen molar-refractivity contribution in [2.24, 2.45) is 5.73 Å². The summed E-state index contributed by atoms with van der Waals surface area (Å²) in [7, 11) is 0. The third-order valence-electron chi connectivity index (χ3n) is 1.34. The van der Waals surface area contributed by atoms with E-state index in [-0.39, 0.29) is 0 Å². The van der Waals surface area contributed by atoms with E-state index >= 15 is 0 Å². The van der Waals surface area contributed by atoms with Crippen LogP contribution in [0.2, 0.25) is 4.34 Å². The molecular formula is C8H7ClN4O3S. The number of carbonyl (C=O) groups is 3. The highest BCUT2D eigenvalue weighted by Crippen LogP contribution is 2.22. The molecule has 1 heterocycles. The van der Waals surface area contributed by atoms with Crippen LogP contribution in [0.15, 0.2) is 18.3 Å². The van der Waals surface area contributed by atoms with Crippen LogP contribution in [0.3, 0.4) is 0 Å². The lowest BCUT2D eigenvalue weighted by atomic mass is 10.4. The minimum Gasteiger partial charge on any atom is -0.351 e. The molecule has 0 fully saturated rings. The Kier molecular flexibility index (Phi) is 4.61. The van der Waals surface area contributed by atoms with Crippen molar-refractivity contribution in [2.75, 3.05) is 5.32 Å². The van der Waals surface area contributed by atoms with Gasteiger partial charge in [0.2, 0.25) is 5.91 Å². The van der Waals surface area contributed by atoms with Gasteiger partial charge in [-0.15, -0.1) is 0 Å². The molecule has 4 amide bonds. The summed E-state index contributed by atoms with van der Waals surface area (Å²) in [6.07, 6.45) is 3.19. The fourth-order valence-electron chi connectivity index (χ4n) is 0.774. The highest BCUT2D eigenvalue weighted by Gasteiger charge is 2.04. The van der Waals surface area contributed by atoms with Gasteiger partial charge in [-0.3, -0.25) is 20.2 Å². The van der Waals surface area contributed by atoms with Gasteiger partial charge in [0.25, 0.3) is 5.91 Å². The number of hydrogen-bond acceptors (Lipinski definition) is 5. The standard InChI is InChI=1S/C8H7ClN4O3S/c9-4-3-11-8(17-4)13-6(15)2-1-5(14)12-7(10)16/h1-3H,(H,11,13,15)(H3,10,12,14,16)/b2-1+. The highest BCUT2D eigenvalue weighted by molar-refractivity contribution is 7.19. The van der Waals surface area contributed by atoms with E-state index in [1.807, 2.05) is 0 Å². The molecule has 17 heavy (non-hydrogen) atoms. The van der Waals surface area contributed by atoms with Gasteiger partial charge in [-0.2, -0.15) is 0 Å². The van der Waals surface area contributed by atoms with E-state index < -0.39 is 17.8 Å². The highest BCUT2D eigenvalue weighted by atomic mass is 35.5. The number of urea groups is 1. The monoisotopic (exact) mass is 274 g/mol. The Hall–Kier alpha value is -1.93. The maximum absolute atomic E-state index is 11.2. The zero-order valence-electron chi connectivity index (χ0n) is 8.27. The van der Waals surface area contributed by atoms with Crippen LogP contribution >= 0.6 is 22.9 Å². The first-order valence-corrected chi connectivity index (χ1v) is 5.37. The Morgan fingerprint density at radius 2 is 2.00 bits per heavy atom. The van der Waals surface area contributed by atoms with Crippen molar-refractivity contribution in [3.63, 3.8) is 0 Å². The van der Waals surface area contributed by atoms with Crippen LogP contribution in [0, 0.1) is 0 Å². The second-order valence-electron chi connectivity index (χ2n) is 2.65. The largest absolute Gasteiger partial charge is 0.351 e. The molecule has 1 aromatic rings. The summed E-state index contributed by atoms with van der Waals surface area (Å²) in [6, 6.07) is -0.994. The van der Waals surface area contributed by atoms with Crippen LogP contribution in [0.25, 0.3) is 0 Å². The van der Waals surface area contributed by atoms with E-state index in [4.69, 9.17) is 17.3 Å². The van der Waals surface area contributed by atoms with Gasteiger partial charge in [0.05, 0.1) is 6.20 Å². The van der Waals surface area contributed by atoms with Crippen molar-refractivity contribution in [3.8, 4) is 0 Å². The lowest BCUT2D eigenvalue weighted by Gasteiger charge is -1.95. The lowest BCUT2D eigenvalue weighted by molar-refractivity contribution is -0.116. The molecule has 0 bridgehead atoms. The molecule has 0 aliphatic heterocycles. The molecule has 0 aliphatic carbocycles. The molecule has 9 heteroatoms. The van der Waals surface area contributed by atoms with Gasteiger partial charge in [-0.05, 0) is 0 Å². The molecule has 90 valence electrons. The number of nitrogens with two attached hydrogens (primary N) is 1. The summed E-state index contributed by atoms with van der Waals surface area (Å²) in [5.74, 6) is -1.36. The lowest BCUT2D eigenvalue weighted by Crippen LogP contribution is -2.33. The van der Waals surface area contributed by atoms with Crippen LogP contribution in [0.4, 0.5) is 9.93 Å². The van der Waals surface area contributed by atoms with Gasteiger partial charge in [0.1, 0.15) is 4.34 Å². The van der Waals surface area contributed by atoms with Gasteiger partial charge in [0, 0.05) is 12.2 Å². The fraction of sp³-hybridized carbons (Fsp3) is 0. The van der Waals surface area contributed by atoms with E-state index in [9.17, 15) is 14.4 Å². The van der Waals surface area contributed by atoms with Crippen molar-refractivity contribution in [3.05, 3.63) is 22.7 Å². The topological polar surface area (TPSA) is 114 Å². The minimum atomic E-state index is -0.994. The smallest absolute Gasteiger partial charge is 0.319 e. The molecule has 7 nitrogen and oxygen atoms in total. The number of amides is 4. The Morgan fingerprint density at radius 3 is 2.53 bits per heavy atom. The van der Waals surface area contributed by atoms with Crippen LogP contribution in [-0.2, 0) is 9.59 Å². The summed E-state index contributed by atoms with van der Waals surface area (Å²) in [6.45, 7) is 0. The molecular weight excluding hydrogens is 268 g/mol. The number of primary amides is 1. The van der Waals surface area contributed by atoms with Crippen LogP contribution < -0.4 is 16.4 Å². The van der Waals surface area contributed by atoms with E-state index in [2.05, 4.69) is 10.3 Å². The molecule has 1 rings (SSSR count). The maximum Gasteiger partial charge on any atom is 0.319 e. The van der Waals surface area contributed by atoms with E-state index in [1.54, 1.807) is 5.32 Å². The molecule has 1 aromatic heterocycles. The fourth-order valence-corrected chi connectivity index (χ4v) is 1.59. The summed E-state index contributed by atoms with van der Waals surface area (Å²) >= 11 is 6.67. The van der Waals surface area contributed by atoms with E-state index in [1.165, 1.54) is 6.20 Å². The number of halogens is 1. The third-order valence-corrected chi connectivity index (χ3v) is 2.37. The average molecular weight is 275 g/mol. The number of hydrogen-bond donors (Lipinski definition) is 3. The summed E-state index contributed by atoms with van der Waals surface area (Å²) < 4.78 is 0.427. The quantitative estimate of drug-likeness (QED) is 0.696. The summed E-state index contributed by atoms with van der Waals surface area (Å²) in [4.78, 5) is 36.2. The number of nitrogens with one attached hydrogen (secondary N) is 2. The van der Waals surface area contributed by atoms with Gasteiger partial charge < -0.3 is 5.73 Å². The predicted octanol–water partition coefficient (Wildman–Crippen LogP) is 0.486. The zero-order valence-corrected chi connectivity index (χ0v) is 9.84. The molecule has 0 aliphatic rings. The van der Waals surface area contributed by atoms with Crippen molar-refractivity contribution in [1.29, 1.82) is 0 Å². The van der Waals surface area contributed by atoms with Crippen LogP contribution in [0.1, 0.15) is 0 Å². The molecule has 4 N–H and O–H groups in total. The van der Waals surface area contributed by atoms with Gasteiger partial charge in [-0.1, -0.05) is 22.9 Å². The first-order chi connectivity index (χ1) is 7.97. The van der Waals surface area contributed by atoms with Crippen LogP contribution in [-0.4, -0.2) is 22.8 Å². The molecule has 0 atom stereocenters. The normalized spacial score (nSPS) is 10.2. The van der Waals surface area contributed by atoms with Gasteiger partial charge in [0.15, 0.2) is 5.13 Å². The SMILES string of the molecule is NC(=O)NC(=O)/C=C/C(=O)Nc1ncc(Cl)s1. The molecule has 0 spiro atoms. The minimum absolute atomic E-state index is 0.306. The Bertz CT molecular complexity index is 485. The molecule has 0 saturated carbocycles. The number of anilines is 1. The molecule has 0 saturated heterocycles. The zero-order chi connectivity index (χ0) is 12.8. The van der Waals surface area contributed by atoms with Crippen molar-refractivity contribution in [2.45, 2.75) is 0 Å². The summed E-state index contributed by atoms with van der Waals surface area (Å²) in [5.41, 5.74) is 4.70. The molecule has 0 aromatic carbocycles. The number of imide groups is 1. The molecule has 0 radical (unpaired) electrons. The number of nitrogens with zero attached hydrogens (tertiary/aromatic N) is 1. The Balaban J connectivity index is 2.47. The number of aromatic nitrogens is 1. The van der Waals surface area contributed by atoms with Crippen molar-refractivity contribution in [1.82, 2.24) is 10.3 Å².